The lowest BCUT2D eigenvalue weighted by Crippen LogP contribution is -2.32. The van der Waals surface area contributed by atoms with E-state index >= 15 is 0 Å². The first-order chi connectivity index (χ1) is 11.7. The molecule has 0 saturated carbocycles. The van der Waals surface area contributed by atoms with Gasteiger partial charge in [-0.25, -0.2) is 4.79 Å². The van der Waals surface area contributed by atoms with Crippen LogP contribution in [-0.2, 0) is 0 Å². The number of aromatic nitrogens is 1. The molecule has 0 spiro atoms. The van der Waals surface area contributed by atoms with Crippen molar-refractivity contribution in [2.75, 3.05) is 18.5 Å². The molecule has 0 radical (unpaired) electrons. The zero-order valence-corrected chi connectivity index (χ0v) is 14.4. The van der Waals surface area contributed by atoms with Crippen LogP contribution in [0.2, 0.25) is 0 Å². The average molecular weight is 386 g/mol. The fraction of sp³-hybridized carbons (Fsp3) is 0.111. The number of hydrogen-bond acceptors (Lipinski definition) is 3. The molecule has 2 amide bonds. The predicted octanol–water partition coefficient (Wildman–Crippen LogP) is 4.20. The first-order valence-corrected chi connectivity index (χ1v) is 8.28. The van der Waals surface area contributed by atoms with Crippen LogP contribution in [0.25, 0.3) is 10.9 Å². The van der Waals surface area contributed by atoms with Crippen LogP contribution in [0, 0.1) is 0 Å². The number of carbonyl (C=O) groups excluding carboxylic acids is 1. The van der Waals surface area contributed by atoms with Gasteiger partial charge in [-0.3, -0.25) is 4.98 Å². The highest BCUT2D eigenvalue weighted by atomic mass is 79.9. The lowest BCUT2D eigenvalue weighted by atomic mass is 10.2. The largest absolute Gasteiger partial charge is 0.492 e. The Kier molecular flexibility index (Phi) is 5.28. The summed E-state index contributed by atoms with van der Waals surface area (Å²) in [6.07, 6.45) is 1.76. The summed E-state index contributed by atoms with van der Waals surface area (Å²) in [6, 6.07) is 16.7. The van der Waals surface area contributed by atoms with E-state index in [9.17, 15) is 4.79 Å². The topological polar surface area (TPSA) is 63.2 Å². The summed E-state index contributed by atoms with van der Waals surface area (Å²) in [5, 5.41) is 6.54. The highest BCUT2D eigenvalue weighted by Gasteiger charge is 2.02. The van der Waals surface area contributed by atoms with E-state index in [4.69, 9.17) is 4.74 Å². The minimum absolute atomic E-state index is 0.261. The van der Waals surface area contributed by atoms with Gasteiger partial charge in [-0.1, -0.05) is 22.0 Å². The number of fused-ring (bicyclic) bond motifs is 1. The molecule has 2 N–H and O–H groups in total. The van der Waals surface area contributed by atoms with Gasteiger partial charge in [0.15, 0.2) is 0 Å². The molecule has 1 heterocycles. The Morgan fingerprint density at radius 3 is 2.79 bits per heavy atom. The summed E-state index contributed by atoms with van der Waals surface area (Å²) in [7, 11) is 0. The molecule has 0 atom stereocenters. The Hall–Kier alpha value is -2.60. The molecule has 0 fully saturated rings. The quantitative estimate of drug-likeness (QED) is 0.646. The Bertz CT molecular complexity index is 837. The minimum atomic E-state index is -0.261. The van der Waals surface area contributed by atoms with E-state index in [0.29, 0.717) is 13.2 Å². The van der Waals surface area contributed by atoms with Crippen molar-refractivity contribution in [3.8, 4) is 5.75 Å². The lowest BCUT2D eigenvalue weighted by Gasteiger charge is -2.09. The van der Waals surface area contributed by atoms with Crippen molar-refractivity contribution in [3.63, 3.8) is 0 Å². The van der Waals surface area contributed by atoms with Gasteiger partial charge in [0.25, 0.3) is 0 Å². The molecule has 2 aromatic carbocycles. The maximum Gasteiger partial charge on any atom is 0.319 e. The summed E-state index contributed by atoms with van der Waals surface area (Å²) in [5.41, 5.74) is 1.66. The van der Waals surface area contributed by atoms with Crippen LogP contribution in [-0.4, -0.2) is 24.2 Å². The lowest BCUT2D eigenvalue weighted by molar-refractivity contribution is 0.247. The molecule has 3 rings (SSSR count). The minimum Gasteiger partial charge on any atom is -0.492 e. The summed E-state index contributed by atoms with van der Waals surface area (Å²) in [4.78, 5) is 16.0. The van der Waals surface area contributed by atoms with Gasteiger partial charge < -0.3 is 15.4 Å². The van der Waals surface area contributed by atoms with Gasteiger partial charge in [0.2, 0.25) is 0 Å². The number of pyridine rings is 1. The molecule has 24 heavy (non-hydrogen) atoms. The van der Waals surface area contributed by atoms with Crippen molar-refractivity contribution < 1.29 is 9.53 Å². The Morgan fingerprint density at radius 2 is 1.96 bits per heavy atom. The second-order valence-electron chi connectivity index (χ2n) is 5.09. The van der Waals surface area contributed by atoms with Crippen LogP contribution in [0.15, 0.2) is 65.3 Å². The van der Waals surface area contributed by atoms with Crippen LogP contribution in [0.5, 0.6) is 5.75 Å². The van der Waals surface area contributed by atoms with Crippen LogP contribution in [0.3, 0.4) is 0 Å². The first kappa shape index (κ1) is 16.3. The molecule has 6 heteroatoms. The zero-order valence-electron chi connectivity index (χ0n) is 12.8. The van der Waals surface area contributed by atoms with Gasteiger partial charge in [0, 0.05) is 21.7 Å². The number of rotatable bonds is 5. The monoisotopic (exact) mass is 385 g/mol. The average Bonchev–Trinajstić information content (AvgIpc) is 2.60. The fourth-order valence-electron chi connectivity index (χ4n) is 2.19. The number of halogens is 1. The van der Waals surface area contributed by atoms with Crippen LogP contribution in [0.1, 0.15) is 0 Å². The van der Waals surface area contributed by atoms with Gasteiger partial charge in [-0.2, -0.15) is 0 Å². The van der Waals surface area contributed by atoms with E-state index in [-0.39, 0.29) is 6.03 Å². The number of nitrogens with one attached hydrogen (secondary N) is 2. The van der Waals surface area contributed by atoms with Gasteiger partial charge in [0.1, 0.15) is 12.4 Å². The Morgan fingerprint density at radius 1 is 1.12 bits per heavy atom. The second-order valence-corrected chi connectivity index (χ2v) is 6.01. The second kappa shape index (κ2) is 7.79. The molecule has 0 saturated heterocycles. The molecular weight excluding hydrogens is 370 g/mol. The van der Waals surface area contributed by atoms with Gasteiger partial charge >= 0.3 is 6.03 Å². The summed E-state index contributed by atoms with van der Waals surface area (Å²) in [5.74, 6) is 0.755. The number of ether oxygens (including phenoxy) is 1. The number of amides is 2. The van der Waals surface area contributed by atoms with E-state index in [1.807, 2.05) is 54.6 Å². The smallest absolute Gasteiger partial charge is 0.319 e. The van der Waals surface area contributed by atoms with Gasteiger partial charge in [-0.15, -0.1) is 0 Å². The van der Waals surface area contributed by atoms with Crippen molar-refractivity contribution in [1.82, 2.24) is 10.3 Å². The molecule has 0 unspecified atom stereocenters. The Labute approximate surface area is 148 Å². The molecular formula is C18H16BrN3O2. The third-order valence-corrected chi connectivity index (χ3v) is 3.86. The number of carbonyl (C=O) groups is 1. The summed E-state index contributed by atoms with van der Waals surface area (Å²) < 4.78 is 6.62. The van der Waals surface area contributed by atoms with Crippen molar-refractivity contribution in [2.24, 2.45) is 0 Å². The SMILES string of the molecule is O=C(NCCOc1ccc2ncccc2c1)Nc1ccc(Br)cc1. The summed E-state index contributed by atoms with van der Waals surface area (Å²) in [6.45, 7) is 0.799. The number of benzene rings is 2. The predicted molar refractivity (Wildman–Crippen MR) is 98.4 cm³/mol. The van der Waals surface area contributed by atoms with Gasteiger partial charge in [0.05, 0.1) is 12.1 Å². The third-order valence-electron chi connectivity index (χ3n) is 3.33. The number of hydrogen-bond donors (Lipinski definition) is 2. The number of anilines is 1. The van der Waals surface area contributed by atoms with Gasteiger partial charge in [-0.05, 0) is 48.5 Å². The third kappa shape index (κ3) is 4.45. The molecule has 0 aliphatic carbocycles. The van der Waals surface area contributed by atoms with Crippen molar-refractivity contribution >= 4 is 38.6 Å². The fourth-order valence-corrected chi connectivity index (χ4v) is 2.45. The maximum absolute atomic E-state index is 11.8. The molecule has 122 valence electrons. The van der Waals surface area contributed by atoms with E-state index in [0.717, 1.165) is 26.8 Å². The van der Waals surface area contributed by atoms with Crippen LogP contribution < -0.4 is 15.4 Å². The van der Waals surface area contributed by atoms with Crippen molar-refractivity contribution in [3.05, 3.63) is 65.3 Å². The normalized spacial score (nSPS) is 10.4. The number of nitrogens with zero attached hydrogens (tertiary/aromatic N) is 1. The molecule has 0 bridgehead atoms. The van der Waals surface area contributed by atoms with E-state index in [1.165, 1.54) is 0 Å². The Balaban J connectivity index is 1.44. The standard InChI is InChI=1S/C18H16BrN3O2/c19-14-3-5-15(6-4-14)22-18(23)21-10-11-24-16-7-8-17-13(12-16)2-1-9-20-17/h1-9,12H,10-11H2,(H2,21,22,23). The van der Waals surface area contributed by atoms with E-state index < -0.39 is 0 Å². The first-order valence-electron chi connectivity index (χ1n) is 7.49. The highest BCUT2D eigenvalue weighted by molar-refractivity contribution is 9.10. The molecule has 3 aromatic rings. The molecule has 0 aliphatic heterocycles. The van der Waals surface area contributed by atoms with Crippen LogP contribution in [0.4, 0.5) is 10.5 Å². The van der Waals surface area contributed by atoms with E-state index in [1.54, 1.807) is 6.20 Å². The maximum atomic E-state index is 11.8. The number of urea groups is 1. The molecule has 0 aliphatic rings. The van der Waals surface area contributed by atoms with Crippen molar-refractivity contribution in [1.29, 1.82) is 0 Å². The molecule has 1 aromatic heterocycles. The molecule has 5 nitrogen and oxygen atoms in total. The highest BCUT2D eigenvalue weighted by Crippen LogP contribution is 2.18. The zero-order chi connectivity index (χ0) is 16.8. The van der Waals surface area contributed by atoms with Crippen LogP contribution >= 0.6 is 15.9 Å². The summed E-state index contributed by atoms with van der Waals surface area (Å²) >= 11 is 3.35. The van der Waals surface area contributed by atoms with E-state index in [2.05, 4.69) is 31.5 Å². The van der Waals surface area contributed by atoms with Crippen molar-refractivity contribution in [2.45, 2.75) is 0 Å².